The molecular formula is C22H18N4O4S. The highest BCUT2D eigenvalue weighted by atomic mass is 32.1. The Bertz CT molecular complexity index is 1240. The third-order valence-electron chi connectivity index (χ3n) is 5.34. The van der Waals surface area contributed by atoms with E-state index >= 15 is 0 Å². The van der Waals surface area contributed by atoms with Crippen molar-refractivity contribution in [1.82, 2.24) is 15.2 Å². The maximum atomic E-state index is 13.1. The van der Waals surface area contributed by atoms with E-state index in [0.29, 0.717) is 27.7 Å². The van der Waals surface area contributed by atoms with Gasteiger partial charge in [0.2, 0.25) is 5.13 Å². The van der Waals surface area contributed by atoms with Crippen molar-refractivity contribution in [2.75, 3.05) is 4.90 Å². The molecule has 156 valence electrons. The monoisotopic (exact) mass is 434 g/mol. The van der Waals surface area contributed by atoms with E-state index in [1.165, 1.54) is 16.2 Å². The summed E-state index contributed by atoms with van der Waals surface area (Å²) in [6.07, 6.45) is 3.94. The molecule has 2 aliphatic rings. The van der Waals surface area contributed by atoms with Gasteiger partial charge in [-0.2, -0.15) is 0 Å². The number of benzene rings is 1. The number of carbonyl (C=O) groups excluding carboxylic acids is 2. The summed E-state index contributed by atoms with van der Waals surface area (Å²) in [6.45, 7) is 3.74. The maximum Gasteiger partial charge on any atom is 0.301 e. The number of aliphatic hydroxyl groups excluding tert-OH is 1. The van der Waals surface area contributed by atoms with E-state index in [-0.39, 0.29) is 17.4 Å². The third kappa shape index (κ3) is 3.17. The summed E-state index contributed by atoms with van der Waals surface area (Å²) >= 11 is 1.20. The fraction of sp³-hybridized carbons (Fsp3) is 0.227. The lowest BCUT2D eigenvalue weighted by atomic mass is 9.95. The zero-order valence-corrected chi connectivity index (χ0v) is 17.6. The SMILES string of the molecule is Cc1nnc(N2C(=O)C(=O)C(=C(O)c3ccc4c(c3)CC(C)O4)C2c2cccnc2)s1. The molecule has 0 spiro atoms. The molecule has 2 aliphatic heterocycles. The number of fused-ring (bicyclic) bond motifs is 1. The Morgan fingerprint density at radius 1 is 1.26 bits per heavy atom. The van der Waals surface area contributed by atoms with Crippen molar-refractivity contribution in [1.29, 1.82) is 0 Å². The molecule has 0 bridgehead atoms. The number of aliphatic hydroxyl groups is 1. The van der Waals surface area contributed by atoms with Crippen LogP contribution in [0.15, 0.2) is 48.3 Å². The van der Waals surface area contributed by atoms with Crippen molar-refractivity contribution in [3.63, 3.8) is 0 Å². The largest absolute Gasteiger partial charge is 0.507 e. The van der Waals surface area contributed by atoms with E-state index < -0.39 is 17.7 Å². The van der Waals surface area contributed by atoms with E-state index in [0.717, 1.165) is 11.3 Å². The van der Waals surface area contributed by atoms with Crippen LogP contribution in [0.4, 0.5) is 5.13 Å². The molecule has 9 heteroatoms. The van der Waals surface area contributed by atoms with Gasteiger partial charge < -0.3 is 9.84 Å². The van der Waals surface area contributed by atoms with Gasteiger partial charge in [0.05, 0.1) is 11.6 Å². The van der Waals surface area contributed by atoms with E-state index in [1.54, 1.807) is 49.6 Å². The number of hydrogen-bond acceptors (Lipinski definition) is 8. The van der Waals surface area contributed by atoms with Crippen LogP contribution in [0.2, 0.25) is 0 Å². The molecule has 0 radical (unpaired) electrons. The Morgan fingerprint density at radius 2 is 2.10 bits per heavy atom. The normalized spacial score (nSPS) is 21.9. The molecule has 0 aliphatic carbocycles. The Morgan fingerprint density at radius 3 is 2.81 bits per heavy atom. The number of amides is 1. The smallest absolute Gasteiger partial charge is 0.301 e. The molecule has 1 aromatic carbocycles. The van der Waals surface area contributed by atoms with E-state index in [1.807, 2.05) is 6.92 Å². The van der Waals surface area contributed by atoms with E-state index in [2.05, 4.69) is 15.2 Å². The molecule has 4 heterocycles. The standard InChI is InChI=1S/C22H18N4O4S/c1-11-8-15-9-13(5-6-16(15)30-11)19(27)17-18(14-4-3-7-23-10-14)26(21(29)20(17)28)22-25-24-12(2)31-22/h3-7,9-11,18,27H,8H2,1-2H3. The van der Waals surface area contributed by atoms with Crippen LogP contribution in [0.5, 0.6) is 5.75 Å². The Hall–Kier alpha value is -3.59. The zero-order valence-electron chi connectivity index (χ0n) is 16.8. The number of carbonyl (C=O) groups is 2. The van der Waals surface area contributed by atoms with Crippen molar-refractivity contribution in [2.45, 2.75) is 32.4 Å². The Balaban J connectivity index is 1.68. The minimum Gasteiger partial charge on any atom is -0.507 e. The number of pyridine rings is 1. The van der Waals surface area contributed by atoms with Gasteiger partial charge in [-0.3, -0.25) is 19.5 Å². The fourth-order valence-corrected chi connectivity index (χ4v) is 4.71. The highest BCUT2D eigenvalue weighted by Crippen LogP contribution is 2.43. The predicted molar refractivity (Wildman–Crippen MR) is 114 cm³/mol. The quantitative estimate of drug-likeness (QED) is 0.383. The summed E-state index contributed by atoms with van der Waals surface area (Å²) in [4.78, 5) is 31.5. The number of aromatic nitrogens is 3. The maximum absolute atomic E-state index is 13.1. The minimum atomic E-state index is -0.857. The molecule has 3 aromatic rings. The van der Waals surface area contributed by atoms with Gasteiger partial charge in [-0.25, -0.2) is 0 Å². The van der Waals surface area contributed by atoms with Crippen LogP contribution in [0.25, 0.3) is 5.76 Å². The van der Waals surface area contributed by atoms with Crippen LogP contribution in [-0.4, -0.2) is 38.1 Å². The molecule has 1 fully saturated rings. The highest BCUT2D eigenvalue weighted by Gasteiger charge is 2.48. The number of ether oxygens (including phenoxy) is 1. The second-order valence-electron chi connectivity index (χ2n) is 7.51. The summed E-state index contributed by atoms with van der Waals surface area (Å²) in [5.41, 5.74) is 1.99. The van der Waals surface area contributed by atoms with E-state index in [9.17, 15) is 14.7 Å². The number of aryl methyl sites for hydroxylation is 1. The Labute approximate surface area is 181 Å². The molecule has 1 N–H and O–H groups in total. The van der Waals surface area contributed by atoms with E-state index in [4.69, 9.17) is 4.74 Å². The molecule has 31 heavy (non-hydrogen) atoms. The first-order valence-corrected chi connectivity index (χ1v) is 10.6. The van der Waals surface area contributed by atoms with Crippen molar-refractivity contribution >= 4 is 33.9 Å². The number of nitrogens with zero attached hydrogens (tertiary/aromatic N) is 4. The number of rotatable bonds is 3. The molecule has 8 nitrogen and oxygen atoms in total. The highest BCUT2D eigenvalue weighted by molar-refractivity contribution is 7.15. The number of anilines is 1. The summed E-state index contributed by atoms with van der Waals surface area (Å²) in [5.74, 6) is -1.01. The number of hydrogen-bond donors (Lipinski definition) is 1. The Kier molecular flexibility index (Phi) is 4.55. The number of Topliss-reactive ketones (excluding diaryl/α,β-unsaturated/α-hetero) is 1. The summed E-state index contributed by atoms with van der Waals surface area (Å²) < 4.78 is 5.72. The minimum absolute atomic E-state index is 0.00207. The molecule has 2 atom stereocenters. The fourth-order valence-electron chi connectivity index (χ4n) is 3.99. The summed E-state index contributed by atoms with van der Waals surface area (Å²) in [6, 6.07) is 7.89. The van der Waals surface area contributed by atoms with Crippen molar-refractivity contribution in [2.24, 2.45) is 0 Å². The first kappa shape index (κ1) is 19.4. The molecule has 1 saturated heterocycles. The average molecular weight is 434 g/mol. The molecule has 2 unspecified atom stereocenters. The van der Waals surface area contributed by atoms with Crippen LogP contribution >= 0.6 is 11.3 Å². The van der Waals surface area contributed by atoms with Gasteiger partial charge in [0.15, 0.2) is 0 Å². The summed E-state index contributed by atoms with van der Waals surface area (Å²) in [5, 5.41) is 20.2. The van der Waals surface area contributed by atoms with Crippen molar-refractivity contribution in [3.05, 3.63) is 70.0 Å². The van der Waals surface area contributed by atoms with Crippen LogP contribution in [0, 0.1) is 6.92 Å². The molecule has 5 rings (SSSR count). The molecule has 1 amide bonds. The lowest BCUT2D eigenvalue weighted by Crippen LogP contribution is -2.29. The average Bonchev–Trinajstić information content (AvgIpc) is 3.43. The van der Waals surface area contributed by atoms with Gasteiger partial charge in [0, 0.05) is 24.4 Å². The predicted octanol–water partition coefficient (Wildman–Crippen LogP) is 3.19. The molecular weight excluding hydrogens is 416 g/mol. The number of ketones is 1. The second kappa shape index (κ2) is 7.28. The van der Waals surface area contributed by atoms with Crippen molar-refractivity contribution in [3.8, 4) is 5.75 Å². The lowest BCUT2D eigenvalue weighted by Gasteiger charge is -2.22. The van der Waals surface area contributed by atoms with Crippen molar-refractivity contribution < 1.29 is 19.4 Å². The van der Waals surface area contributed by atoms with Gasteiger partial charge >= 0.3 is 5.91 Å². The van der Waals surface area contributed by atoms with Gasteiger partial charge in [0.25, 0.3) is 5.78 Å². The van der Waals surface area contributed by atoms with Gasteiger partial charge in [-0.05, 0) is 49.2 Å². The van der Waals surface area contributed by atoms with Gasteiger partial charge in [-0.1, -0.05) is 17.4 Å². The van der Waals surface area contributed by atoms with Crippen LogP contribution in [-0.2, 0) is 16.0 Å². The third-order valence-corrected chi connectivity index (χ3v) is 6.17. The van der Waals surface area contributed by atoms with Crippen LogP contribution in [0.3, 0.4) is 0 Å². The van der Waals surface area contributed by atoms with Crippen LogP contribution < -0.4 is 9.64 Å². The summed E-state index contributed by atoms with van der Waals surface area (Å²) in [7, 11) is 0. The first-order chi connectivity index (χ1) is 14.9. The topological polar surface area (TPSA) is 106 Å². The van der Waals surface area contributed by atoms with Gasteiger partial charge in [-0.15, -0.1) is 10.2 Å². The van der Waals surface area contributed by atoms with Gasteiger partial charge in [0.1, 0.15) is 22.6 Å². The second-order valence-corrected chi connectivity index (χ2v) is 8.67. The first-order valence-electron chi connectivity index (χ1n) is 9.75. The van der Waals surface area contributed by atoms with Crippen LogP contribution in [0.1, 0.15) is 34.7 Å². The molecule has 0 saturated carbocycles. The lowest BCUT2D eigenvalue weighted by molar-refractivity contribution is -0.132. The zero-order chi connectivity index (χ0) is 21.7. The molecule has 2 aromatic heterocycles.